The van der Waals surface area contributed by atoms with Crippen LogP contribution in [0.25, 0.3) is 0 Å². The Morgan fingerprint density at radius 2 is 2.05 bits per heavy atom. The van der Waals surface area contributed by atoms with Crippen molar-refractivity contribution in [2.24, 2.45) is 5.73 Å². The normalized spacial score (nSPS) is 11.1. The van der Waals surface area contributed by atoms with Gasteiger partial charge in [-0.05, 0) is 18.2 Å². The first kappa shape index (κ1) is 16.9. The van der Waals surface area contributed by atoms with Crippen LogP contribution in [0.3, 0.4) is 0 Å². The van der Waals surface area contributed by atoms with Crippen molar-refractivity contribution < 1.29 is 22.7 Å². The maximum atomic E-state index is 11.9. The SMILES string of the molecule is NC(=O)COC(=O)CNS(=O)(=O)c1ccc(Br)cc1Cl. The van der Waals surface area contributed by atoms with Crippen LogP contribution >= 0.6 is 27.5 Å². The van der Waals surface area contributed by atoms with Crippen molar-refractivity contribution in [3.63, 3.8) is 0 Å². The Balaban J connectivity index is 2.71. The second-order valence-electron chi connectivity index (χ2n) is 3.53. The van der Waals surface area contributed by atoms with Crippen LogP contribution in [0.5, 0.6) is 0 Å². The monoisotopic (exact) mass is 384 g/mol. The smallest absolute Gasteiger partial charge is 0.321 e. The minimum absolute atomic E-state index is 0.00243. The quantitative estimate of drug-likeness (QED) is 0.688. The maximum absolute atomic E-state index is 11.9. The fourth-order valence-electron chi connectivity index (χ4n) is 1.13. The van der Waals surface area contributed by atoms with Crippen molar-refractivity contribution in [3.8, 4) is 0 Å². The molecule has 0 aliphatic heterocycles. The Morgan fingerprint density at radius 1 is 1.40 bits per heavy atom. The molecule has 0 bridgehead atoms. The van der Waals surface area contributed by atoms with Gasteiger partial charge in [0.05, 0.1) is 5.02 Å². The Bertz CT molecular complexity index is 635. The van der Waals surface area contributed by atoms with Crippen molar-refractivity contribution in [3.05, 3.63) is 27.7 Å². The van der Waals surface area contributed by atoms with Gasteiger partial charge in [0.15, 0.2) is 6.61 Å². The van der Waals surface area contributed by atoms with Crippen LogP contribution < -0.4 is 10.5 Å². The lowest BCUT2D eigenvalue weighted by Crippen LogP contribution is -2.32. The molecule has 3 N–H and O–H groups in total. The molecule has 0 heterocycles. The van der Waals surface area contributed by atoms with Crippen LogP contribution in [-0.2, 0) is 24.3 Å². The van der Waals surface area contributed by atoms with Gasteiger partial charge in [0.2, 0.25) is 10.0 Å². The van der Waals surface area contributed by atoms with E-state index in [4.69, 9.17) is 17.3 Å². The van der Waals surface area contributed by atoms with Crippen molar-refractivity contribution in [1.82, 2.24) is 4.72 Å². The molecule has 0 atom stereocenters. The lowest BCUT2D eigenvalue weighted by molar-refractivity contribution is -0.146. The molecule has 1 rings (SSSR count). The van der Waals surface area contributed by atoms with Crippen LogP contribution in [0.2, 0.25) is 5.02 Å². The maximum Gasteiger partial charge on any atom is 0.321 e. The molecule has 110 valence electrons. The van der Waals surface area contributed by atoms with E-state index in [9.17, 15) is 18.0 Å². The predicted molar refractivity (Wildman–Crippen MR) is 74.5 cm³/mol. The van der Waals surface area contributed by atoms with Gasteiger partial charge in [-0.15, -0.1) is 0 Å². The summed E-state index contributed by atoms with van der Waals surface area (Å²) in [6.45, 7) is -1.25. The summed E-state index contributed by atoms with van der Waals surface area (Å²) in [6.07, 6.45) is 0. The summed E-state index contributed by atoms with van der Waals surface area (Å²) in [5, 5.41) is -0.00243. The average molecular weight is 386 g/mol. The zero-order valence-electron chi connectivity index (χ0n) is 9.93. The fraction of sp³-hybridized carbons (Fsp3) is 0.200. The first-order chi connectivity index (χ1) is 9.22. The van der Waals surface area contributed by atoms with Crippen LogP contribution in [0.15, 0.2) is 27.6 Å². The molecular weight excluding hydrogens is 376 g/mol. The molecule has 0 unspecified atom stereocenters. The van der Waals surface area contributed by atoms with Crippen LogP contribution in [-0.4, -0.2) is 33.4 Å². The van der Waals surface area contributed by atoms with Crippen molar-refractivity contribution in [2.45, 2.75) is 4.90 Å². The second kappa shape index (κ2) is 7.02. The second-order valence-corrected chi connectivity index (χ2v) is 6.58. The molecule has 1 amide bonds. The Morgan fingerprint density at radius 3 is 2.60 bits per heavy atom. The van der Waals surface area contributed by atoms with Gasteiger partial charge < -0.3 is 10.5 Å². The van der Waals surface area contributed by atoms with Gasteiger partial charge in [-0.1, -0.05) is 27.5 Å². The number of benzene rings is 1. The molecule has 1 aromatic rings. The van der Waals surface area contributed by atoms with E-state index >= 15 is 0 Å². The summed E-state index contributed by atoms with van der Waals surface area (Å²) >= 11 is 8.95. The molecule has 10 heteroatoms. The number of halogens is 2. The first-order valence-corrected chi connectivity index (χ1v) is 7.76. The van der Waals surface area contributed by atoms with Crippen LogP contribution in [0, 0.1) is 0 Å². The molecule has 0 fully saturated rings. The summed E-state index contributed by atoms with van der Waals surface area (Å²) in [5.74, 6) is -1.77. The van der Waals surface area contributed by atoms with Crippen LogP contribution in [0.1, 0.15) is 0 Å². The van der Waals surface area contributed by atoms with Crippen molar-refractivity contribution in [2.75, 3.05) is 13.2 Å². The molecule has 7 nitrogen and oxygen atoms in total. The summed E-state index contributed by atoms with van der Waals surface area (Å²) in [7, 11) is -3.96. The third kappa shape index (κ3) is 5.08. The van der Waals surface area contributed by atoms with Crippen molar-refractivity contribution in [1.29, 1.82) is 0 Å². The summed E-state index contributed by atoms with van der Waals surface area (Å²) in [5.41, 5.74) is 4.77. The highest BCUT2D eigenvalue weighted by atomic mass is 79.9. The molecule has 20 heavy (non-hydrogen) atoms. The predicted octanol–water partition coefficient (Wildman–Crippen LogP) is 0.409. The Hall–Kier alpha value is -1.16. The number of hydrogen-bond donors (Lipinski definition) is 2. The van der Waals surface area contributed by atoms with Gasteiger partial charge >= 0.3 is 5.97 Å². The molecule has 0 aromatic heterocycles. The average Bonchev–Trinajstić information content (AvgIpc) is 2.33. The van der Waals surface area contributed by atoms with E-state index in [1.807, 2.05) is 4.72 Å². The van der Waals surface area contributed by atoms with Gasteiger partial charge in [-0.25, -0.2) is 8.42 Å². The van der Waals surface area contributed by atoms with E-state index in [0.29, 0.717) is 4.47 Å². The number of sulfonamides is 1. The fourth-order valence-corrected chi connectivity index (χ4v) is 3.13. The Kier molecular flexibility index (Phi) is 5.93. The molecule has 1 aromatic carbocycles. The third-order valence-corrected chi connectivity index (χ3v) is 4.34. The highest BCUT2D eigenvalue weighted by Gasteiger charge is 2.19. The van der Waals surface area contributed by atoms with E-state index in [1.54, 1.807) is 0 Å². The van der Waals surface area contributed by atoms with Gasteiger partial charge in [0.1, 0.15) is 11.4 Å². The summed E-state index contributed by atoms with van der Waals surface area (Å²) in [4.78, 5) is 21.4. The molecular formula is C10H10BrClN2O5S. The van der Waals surface area contributed by atoms with E-state index in [1.165, 1.54) is 18.2 Å². The number of esters is 1. The number of rotatable bonds is 6. The molecule has 0 spiro atoms. The Labute approximate surface area is 128 Å². The van der Waals surface area contributed by atoms with E-state index < -0.39 is 35.1 Å². The van der Waals surface area contributed by atoms with Gasteiger partial charge in [-0.3, -0.25) is 9.59 Å². The standard InChI is InChI=1S/C10H10BrClN2O5S/c11-6-1-2-8(7(12)3-6)20(17,18)14-4-10(16)19-5-9(13)15/h1-3,14H,4-5H2,(H2,13,15). The molecule has 0 saturated heterocycles. The molecule has 0 saturated carbocycles. The summed E-state index contributed by atoms with van der Waals surface area (Å²) < 4.78 is 30.8. The lowest BCUT2D eigenvalue weighted by atomic mass is 10.4. The number of ether oxygens (including phenoxy) is 1. The zero-order chi connectivity index (χ0) is 15.3. The zero-order valence-corrected chi connectivity index (χ0v) is 13.1. The van der Waals surface area contributed by atoms with E-state index in [2.05, 4.69) is 20.7 Å². The highest BCUT2D eigenvalue weighted by Crippen LogP contribution is 2.24. The van der Waals surface area contributed by atoms with E-state index in [0.717, 1.165) is 0 Å². The van der Waals surface area contributed by atoms with E-state index in [-0.39, 0.29) is 9.92 Å². The number of nitrogens with one attached hydrogen (secondary N) is 1. The minimum atomic E-state index is -3.96. The van der Waals surface area contributed by atoms with Gasteiger partial charge in [0, 0.05) is 4.47 Å². The number of carbonyl (C=O) groups is 2. The number of hydrogen-bond acceptors (Lipinski definition) is 5. The number of amides is 1. The van der Waals surface area contributed by atoms with Crippen molar-refractivity contribution >= 4 is 49.4 Å². The van der Waals surface area contributed by atoms with Gasteiger partial charge in [0.25, 0.3) is 5.91 Å². The molecule has 0 aliphatic carbocycles. The third-order valence-electron chi connectivity index (χ3n) is 1.97. The first-order valence-electron chi connectivity index (χ1n) is 5.11. The number of primary amides is 1. The van der Waals surface area contributed by atoms with Gasteiger partial charge in [-0.2, -0.15) is 4.72 Å². The minimum Gasteiger partial charge on any atom is -0.455 e. The number of carbonyl (C=O) groups excluding carboxylic acids is 2. The topological polar surface area (TPSA) is 116 Å². The highest BCUT2D eigenvalue weighted by molar-refractivity contribution is 9.10. The van der Waals surface area contributed by atoms with Crippen LogP contribution in [0.4, 0.5) is 0 Å². The largest absolute Gasteiger partial charge is 0.455 e. The number of nitrogens with two attached hydrogens (primary N) is 1. The molecule has 0 radical (unpaired) electrons. The lowest BCUT2D eigenvalue weighted by Gasteiger charge is -2.08. The summed E-state index contributed by atoms with van der Waals surface area (Å²) in [6, 6.07) is 4.18. The molecule has 0 aliphatic rings.